The molecule has 1 aromatic rings. The van der Waals surface area contributed by atoms with Crippen molar-refractivity contribution in [3.63, 3.8) is 0 Å². The second kappa shape index (κ2) is 5.69. The SMILES string of the molecule is COc1cc(C(=O)N2CCC(=NO)CC2)ccc1F. The average Bonchev–Trinajstić information content (AvgIpc) is 2.47. The maximum absolute atomic E-state index is 13.3. The van der Waals surface area contributed by atoms with Gasteiger partial charge < -0.3 is 14.8 Å². The molecule has 0 unspecified atom stereocenters. The minimum atomic E-state index is -0.493. The summed E-state index contributed by atoms with van der Waals surface area (Å²) in [6.07, 6.45) is 1.11. The molecule has 1 aliphatic heterocycles. The number of likely N-dealkylation sites (tertiary alicyclic amines) is 1. The Hall–Kier alpha value is -2.11. The van der Waals surface area contributed by atoms with Crippen LogP contribution in [0.3, 0.4) is 0 Å². The predicted molar refractivity (Wildman–Crippen MR) is 67.3 cm³/mol. The van der Waals surface area contributed by atoms with Gasteiger partial charge in [-0.15, -0.1) is 0 Å². The summed E-state index contributed by atoms with van der Waals surface area (Å²) in [5.74, 6) is -0.608. The van der Waals surface area contributed by atoms with Crippen LogP contribution in [0.2, 0.25) is 0 Å². The third kappa shape index (κ3) is 2.83. The van der Waals surface area contributed by atoms with Gasteiger partial charge in [0.15, 0.2) is 11.6 Å². The maximum atomic E-state index is 13.3. The summed E-state index contributed by atoms with van der Waals surface area (Å²) in [4.78, 5) is 13.9. The number of methoxy groups -OCH3 is 1. The quantitative estimate of drug-likeness (QED) is 0.657. The molecule has 6 heteroatoms. The number of halogens is 1. The molecule has 19 heavy (non-hydrogen) atoms. The molecule has 1 fully saturated rings. The van der Waals surface area contributed by atoms with E-state index in [1.165, 1.54) is 25.3 Å². The molecule has 1 saturated heterocycles. The fourth-order valence-electron chi connectivity index (χ4n) is 2.04. The third-order valence-electron chi connectivity index (χ3n) is 3.17. The Morgan fingerprint density at radius 1 is 1.42 bits per heavy atom. The van der Waals surface area contributed by atoms with Gasteiger partial charge in [-0.25, -0.2) is 4.39 Å². The summed E-state index contributed by atoms with van der Waals surface area (Å²) in [5.41, 5.74) is 1.09. The first-order valence-electron chi connectivity index (χ1n) is 5.98. The minimum absolute atomic E-state index is 0.0560. The number of benzene rings is 1. The number of hydrogen-bond acceptors (Lipinski definition) is 4. The van der Waals surface area contributed by atoms with Crippen LogP contribution in [-0.2, 0) is 0 Å². The smallest absolute Gasteiger partial charge is 0.254 e. The highest BCUT2D eigenvalue weighted by molar-refractivity contribution is 5.96. The number of piperidine rings is 1. The molecule has 1 aromatic carbocycles. The van der Waals surface area contributed by atoms with E-state index in [1.54, 1.807) is 4.90 Å². The van der Waals surface area contributed by atoms with Crippen molar-refractivity contribution in [2.24, 2.45) is 5.16 Å². The highest BCUT2D eigenvalue weighted by atomic mass is 19.1. The Morgan fingerprint density at radius 3 is 2.68 bits per heavy atom. The molecule has 2 rings (SSSR count). The molecule has 0 atom stereocenters. The van der Waals surface area contributed by atoms with Gasteiger partial charge in [0.1, 0.15) is 0 Å². The lowest BCUT2D eigenvalue weighted by molar-refractivity contribution is 0.0753. The van der Waals surface area contributed by atoms with Gasteiger partial charge in [0.05, 0.1) is 12.8 Å². The lowest BCUT2D eigenvalue weighted by Gasteiger charge is -2.27. The van der Waals surface area contributed by atoms with E-state index in [1.807, 2.05) is 0 Å². The maximum Gasteiger partial charge on any atom is 0.254 e. The van der Waals surface area contributed by atoms with Crippen LogP contribution in [0.25, 0.3) is 0 Å². The summed E-state index contributed by atoms with van der Waals surface area (Å²) in [7, 11) is 1.36. The van der Waals surface area contributed by atoms with Gasteiger partial charge in [0.25, 0.3) is 5.91 Å². The predicted octanol–water partition coefficient (Wildman–Crippen LogP) is 1.90. The highest BCUT2D eigenvalue weighted by Crippen LogP contribution is 2.20. The third-order valence-corrected chi connectivity index (χ3v) is 3.17. The molecule has 102 valence electrons. The summed E-state index contributed by atoms with van der Waals surface area (Å²) in [6, 6.07) is 4.06. The number of carbonyl (C=O) groups excluding carboxylic acids is 1. The second-order valence-corrected chi connectivity index (χ2v) is 4.31. The van der Waals surface area contributed by atoms with Crippen LogP contribution in [-0.4, -0.2) is 41.9 Å². The number of carbonyl (C=O) groups is 1. The van der Waals surface area contributed by atoms with Gasteiger partial charge in [-0.2, -0.15) is 0 Å². The van der Waals surface area contributed by atoms with E-state index >= 15 is 0 Å². The Morgan fingerprint density at radius 2 is 2.11 bits per heavy atom. The number of oxime groups is 1. The van der Waals surface area contributed by atoms with Crippen molar-refractivity contribution in [2.45, 2.75) is 12.8 Å². The molecule has 0 spiro atoms. The molecule has 1 aliphatic rings. The Balaban J connectivity index is 2.12. The zero-order valence-corrected chi connectivity index (χ0v) is 10.6. The van der Waals surface area contributed by atoms with E-state index in [0.29, 0.717) is 37.2 Å². The number of amides is 1. The Kier molecular flexibility index (Phi) is 3.99. The summed E-state index contributed by atoms with van der Waals surface area (Å²) in [5, 5.41) is 11.8. The van der Waals surface area contributed by atoms with Gasteiger partial charge in [-0.3, -0.25) is 4.79 Å². The van der Waals surface area contributed by atoms with Crippen LogP contribution in [0.4, 0.5) is 4.39 Å². The standard InChI is InChI=1S/C13H15FN2O3/c1-19-12-8-9(2-3-11(12)14)13(17)16-6-4-10(15-18)5-7-16/h2-3,8,18H,4-7H2,1H3. The van der Waals surface area contributed by atoms with Crippen molar-refractivity contribution in [3.05, 3.63) is 29.6 Å². The van der Waals surface area contributed by atoms with Gasteiger partial charge in [0, 0.05) is 31.5 Å². The first-order chi connectivity index (χ1) is 9.15. The van der Waals surface area contributed by atoms with E-state index < -0.39 is 5.82 Å². The topological polar surface area (TPSA) is 62.1 Å². The van der Waals surface area contributed by atoms with Gasteiger partial charge in [-0.05, 0) is 18.2 Å². The highest BCUT2D eigenvalue weighted by Gasteiger charge is 2.22. The molecule has 1 amide bonds. The van der Waals surface area contributed by atoms with E-state index in [-0.39, 0.29) is 11.7 Å². The first kappa shape index (κ1) is 13.3. The fraction of sp³-hybridized carbons (Fsp3) is 0.385. The molecule has 0 aromatic heterocycles. The van der Waals surface area contributed by atoms with Gasteiger partial charge >= 0.3 is 0 Å². The van der Waals surface area contributed by atoms with Crippen molar-refractivity contribution < 1.29 is 19.1 Å². The van der Waals surface area contributed by atoms with E-state index in [2.05, 4.69) is 5.16 Å². The molecule has 0 saturated carbocycles. The zero-order chi connectivity index (χ0) is 13.8. The second-order valence-electron chi connectivity index (χ2n) is 4.31. The number of hydrogen-bond donors (Lipinski definition) is 1. The van der Waals surface area contributed by atoms with Crippen LogP contribution in [0.5, 0.6) is 5.75 Å². The molecule has 0 radical (unpaired) electrons. The average molecular weight is 266 g/mol. The molecule has 0 aliphatic carbocycles. The van der Waals surface area contributed by atoms with Gasteiger partial charge in [-0.1, -0.05) is 5.16 Å². The van der Waals surface area contributed by atoms with Crippen molar-refractivity contribution in [1.82, 2.24) is 4.90 Å². The monoisotopic (exact) mass is 266 g/mol. The van der Waals surface area contributed by atoms with Crippen LogP contribution < -0.4 is 4.74 Å². The van der Waals surface area contributed by atoms with Gasteiger partial charge in [0.2, 0.25) is 0 Å². The van der Waals surface area contributed by atoms with Crippen LogP contribution >= 0.6 is 0 Å². The zero-order valence-electron chi connectivity index (χ0n) is 10.6. The lowest BCUT2D eigenvalue weighted by Crippen LogP contribution is -2.38. The summed E-state index contributed by atoms with van der Waals surface area (Å²) >= 11 is 0. The molecule has 0 bridgehead atoms. The molecule has 1 N–H and O–H groups in total. The molecular weight excluding hydrogens is 251 g/mol. The Bertz CT molecular complexity index is 507. The first-order valence-corrected chi connectivity index (χ1v) is 5.98. The van der Waals surface area contributed by atoms with Crippen LogP contribution in [0, 0.1) is 5.82 Å². The van der Waals surface area contributed by atoms with Crippen molar-refractivity contribution in [2.75, 3.05) is 20.2 Å². The van der Waals surface area contributed by atoms with Crippen molar-refractivity contribution in [3.8, 4) is 5.75 Å². The number of nitrogens with zero attached hydrogens (tertiary/aromatic N) is 2. The number of ether oxygens (including phenoxy) is 1. The minimum Gasteiger partial charge on any atom is -0.494 e. The van der Waals surface area contributed by atoms with Crippen LogP contribution in [0.15, 0.2) is 23.4 Å². The lowest BCUT2D eigenvalue weighted by atomic mass is 10.1. The molecule has 5 nitrogen and oxygen atoms in total. The fourth-order valence-corrected chi connectivity index (χ4v) is 2.04. The van der Waals surface area contributed by atoms with E-state index in [9.17, 15) is 9.18 Å². The Labute approximate surface area is 110 Å². The molecule has 1 heterocycles. The van der Waals surface area contributed by atoms with Crippen molar-refractivity contribution >= 4 is 11.6 Å². The van der Waals surface area contributed by atoms with Crippen molar-refractivity contribution in [1.29, 1.82) is 0 Å². The molecular formula is C13H15FN2O3. The van der Waals surface area contributed by atoms with Crippen LogP contribution in [0.1, 0.15) is 23.2 Å². The summed E-state index contributed by atoms with van der Waals surface area (Å²) < 4.78 is 18.1. The normalized spacial score (nSPS) is 15.3. The summed E-state index contributed by atoms with van der Waals surface area (Å²) in [6.45, 7) is 0.996. The van der Waals surface area contributed by atoms with E-state index in [4.69, 9.17) is 9.94 Å². The van der Waals surface area contributed by atoms with E-state index in [0.717, 1.165) is 0 Å². The largest absolute Gasteiger partial charge is 0.494 e. The number of rotatable bonds is 2.